The number of ether oxygens (including phenoxy) is 4. The summed E-state index contributed by atoms with van der Waals surface area (Å²) < 4.78 is 68.5. The maximum absolute atomic E-state index is 13.1. The molecule has 0 aliphatic heterocycles. The first kappa shape index (κ1) is 92.1. The van der Waals surface area contributed by atoms with E-state index < -0.39 is 97.5 Å². The van der Waals surface area contributed by atoms with Crippen molar-refractivity contribution in [2.45, 2.75) is 401 Å². The smallest absolute Gasteiger partial charge is 0.462 e. The van der Waals surface area contributed by atoms with Crippen molar-refractivity contribution in [1.29, 1.82) is 0 Å². The van der Waals surface area contributed by atoms with Crippen LogP contribution in [0.4, 0.5) is 0 Å². The van der Waals surface area contributed by atoms with Crippen molar-refractivity contribution in [3.8, 4) is 0 Å². The molecular formula is C75H146O17P2. The Morgan fingerprint density at radius 1 is 0.309 bits per heavy atom. The molecule has 0 saturated heterocycles. The summed E-state index contributed by atoms with van der Waals surface area (Å²) in [5, 5.41) is 10.6. The summed E-state index contributed by atoms with van der Waals surface area (Å²) in [7, 11) is -9.91. The van der Waals surface area contributed by atoms with Crippen molar-refractivity contribution in [3.63, 3.8) is 0 Å². The normalized spacial score (nSPS) is 14.4. The number of carbonyl (C=O) groups is 4. The number of phosphoric ester groups is 2. The van der Waals surface area contributed by atoms with Gasteiger partial charge in [0.2, 0.25) is 0 Å². The van der Waals surface area contributed by atoms with Gasteiger partial charge in [0, 0.05) is 25.7 Å². The Kier molecular flexibility index (Phi) is 64.3. The van der Waals surface area contributed by atoms with Crippen molar-refractivity contribution < 1.29 is 80.2 Å². The lowest BCUT2D eigenvalue weighted by atomic mass is 9.99. The van der Waals surface area contributed by atoms with E-state index in [4.69, 9.17) is 37.0 Å². The molecule has 17 nitrogen and oxygen atoms in total. The Labute approximate surface area is 575 Å². The molecule has 0 rings (SSSR count). The van der Waals surface area contributed by atoms with Gasteiger partial charge in [-0.15, -0.1) is 0 Å². The molecule has 94 heavy (non-hydrogen) atoms. The minimum Gasteiger partial charge on any atom is -0.462 e. The van der Waals surface area contributed by atoms with Gasteiger partial charge in [-0.05, 0) is 43.4 Å². The van der Waals surface area contributed by atoms with E-state index in [1.54, 1.807) is 0 Å². The molecule has 3 N–H and O–H groups in total. The lowest BCUT2D eigenvalue weighted by Crippen LogP contribution is -2.30. The molecule has 0 spiro atoms. The number of unbranched alkanes of at least 4 members (excludes halogenated alkanes) is 40. The minimum absolute atomic E-state index is 0.104. The summed E-state index contributed by atoms with van der Waals surface area (Å²) >= 11 is 0. The molecule has 0 heterocycles. The quantitative estimate of drug-likeness (QED) is 0.0222. The van der Waals surface area contributed by atoms with Crippen LogP contribution in [0.5, 0.6) is 0 Å². The first-order valence-electron chi connectivity index (χ1n) is 38.9. The van der Waals surface area contributed by atoms with Gasteiger partial charge in [0.15, 0.2) is 12.2 Å². The van der Waals surface area contributed by atoms with Crippen LogP contribution in [0, 0.1) is 17.8 Å². The summed E-state index contributed by atoms with van der Waals surface area (Å²) in [6, 6.07) is 0. The van der Waals surface area contributed by atoms with Crippen LogP contribution < -0.4 is 0 Å². The topological polar surface area (TPSA) is 237 Å². The molecule has 0 aromatic carbocycles. The van der Waals surface area contributed by atoms with E-state index in [0.29, 0.717) is 31.6 Å². The Balaban J connectivity index is 5.24. The number of carbonyl (C=O) groups excluding carboxylic acids is 4. The number of aliphatic hydroxyl groups excluding tert-OH is 1. The number of hydrogen-bond donors (Lipinski definition) is 3. The van der Waals surface area contributed by atoms with Crippen LogP contribution in [0.25, 0.3) is 0 Å². The predicted octanol–water partition coefficient (Wildman–Crippen LogP) is 21.8. The molecular weight excluding hydrogens is 1230 g/mol. The highest BCUT2D eigenvalue weighted by Crippen LogP contribution is 2.45. The monoisotopic (exact) mass is 1380 g/mol. The lowest BCUT2D eigenvalue weighted by molar-refractivity contribution is -0.161. The van der Waals surface area contributed by atoms with Gasteiger partial charge in [-0.1, -0.05) is 331 Å². The fourth-order valence-electron chi connectivity index (χ4n) is 11.4. The number of phosphoric acid groups is 2. The second-order valence-corrected chi connectivity index (χ2v) is 31.1. The summed E-state index contributed by atoms with van der Waals surface area (Å²) in [4.78, 5) is 72.7. The number of rotatable bonds is 73. The van der Waals surface area contributed by atoms with Crippen LogP contribution >= 0.6 is 15.6 Å². The number of aliphatic hydroxyl groups is 1. The molecule has 19 heteroatoms. The molecule has 558 valence electrons. The lowest BCUT2D eigenvalue weighted by Gasteiger charge is -2.21. The fraction of sp³-hybridized carbons (Fsp3) is 0.947. The molecule has 0 amide bonds. The Hall–Kier alpha value is -1.94. The van der Waals surface area contributed by atoms with Gasteiger partial charge < -0.3 is 33.8 Å². The van der Waals surface area contributed by atoms with Crippen molar-refractivity contribution in [2.75, 3.05) is 39.6 Å². The molecule has 0 aromatic heterocycles. The van der Waals surface area contributed by atoms with Crippen molar-refractivity contribution in [3.05, 3.63) is 0 Å². The Morgan fingerprint density at radius 2 is 0.543 bits per heavy atom. The highest BCUT2D eigenvalue weighted by Gasteiger charge is 2.30. The highest BCUT2D eigenvalue weighted by molar-refractivity contribution is 7.47. The summed E-state index contributed by atoms with van der Waals surface area (Å²) in [6.07, 6.45) is 51.4. The first-order valence-corrected chi connectivity index (χ1v) is 41.9. The Bertz CT molecular complexity index is 1840. The molecule has 0 aromatic rings. The van der Waals surface area contributed by atoms with Crippen molar-refractivity contribution in [2.24, 2.45) is 17.8 Å². The third-order valence-electron chi connectivity index (χ3n) is 17.7. The van der Waals surface area contributed by atoms with Crippen LogP contribution in [0.3, 0.4) is 0 Å². The number of esters is 4. The zero-order chi connectivity index (χ0) is 69.4. The average molecular weight is 1380 g/mol. The zero-order valence-corrected chi connectivity index (χ0v) is 63.2. The van der Waals surface area contributed by atoms with Gasteiger partial charge in [0.05, 0.1) is 26.4 Å². The SMILES string of the molecule is CCCCCCCCCCCCCCCCCC(=O)OC[C@H](COP(=O)(O)OC[C@@H](O)COP(=O)(O)OC[C@@H](COC(=O)CCCCCCCCC(C)C)OC(=O)CCCCCCCCCCC(C)CC)OC(=O)CCCCCCCCCCCCCCCCCC(C)C. The van der Waals surface area contributed by atoms with E-state index >= 15 is 0 Å². The maximum atomic E-state index is 13.1. The first-order chi connectivity index (χ1) is 45.3. The second-order valence-electron chi connectivity index (χ2n) is 28.2. The molecule has 0 aliphatic carbocycles. The highest BCUT2D eigenvalue weighted by atomic mass is 31.2. The van der Waals surface area contributed by atoms with Gasteiger partial charge in [-0.3, -0.25) is 37.3 Å². The third kappa shape index (κ3) is 67.3. The van der Waals surface area contributed by atoms with E-state index in [-0.39, 0.29) is 25.7 Å². The van der Waals surface area contributed by atoms with Gasteiger partial charge in [-0.25, -0.2) is 9.13 Å². The Morgan fingerprint density at radius 3 is 0.809 bits per heavy atom. The van der Waals surface area contributed by atoms with Crippen LogP contribution in [0.15, 0.2) is 0 Å². The van der Waals surface area contributed by atoms with Crippen LogP contribution in [0.2, 0.25) is 0 Å². The third-order valence-corrected chi connectivity index (χ3v) is 19.6. The van der Waals surface area contributed by atoms with E-state index in [2.05, 4.69) is 48.5 Å². The van der Waals surface area contributed by atoms with Crippen LogP contribution in [-0.2, 0) is 65.4 Å². The summed E-state index contributed by atoms with van der Waals surface area (Å²) in [5.41, 5.74) is 0. The van der Waals surface area contributed by atoms with E-state index in [1.807, 2.05) is 0 Å². The zero-order valence-electron chi connectivity index (χ0n) is 61.4. The average Bonchev–Trinajstić information content (AvgIpc) is 1.76. The van der Waals surface area contributed by atoms with Crippen molar-refractivity contribution >= 4 is 39.5 Å². The van der Waals surface area contributed by atoms with E-state index in [1.165, 1.54) is 186 Å². The van der Waals surface area contributed by atoms with E-state index in [9.17, 15) is 43.2 Å². The molecule has 0 fully saturated rings. The van der Waals surface area contributed by atoms with Crippen LogP contribution in [-0.4, -0.2) is 96.7 Å². The van der Waals surface area contributed by atoms with Crippen LogP contribution in [0.1, 0.15) is 382 Å². The molecule has 6 atom stereocenters. The van der Waals surface area contributed by atoms with E-state index in [0.717, 1.165) is 108 Å². The molecule has 0 saturated carbocycles. The maximum Gasteiger partial charge on any atom is 0.472 e. The molecule has 0 aliphatic rings. The van der Waals surface area contributed by atoms with Gasteiger partial charge >= 0.3 is 39.5 Å². The van der Waals surface area contributed by atoms with Crippen molar-refractivity contribution in [1.82, 2.24) is 0 Å². The second kappa shape index (κ2) is 65.7. The minimum atomic E-state index is -4.96. The van der Waals surface area contributed by atoms with Gasteiger partial charge in [-0.2, -0.15) is 0 Å². The largest absolute Gasteiger partial charge is 0.472 e. The fourth-order valence-corrected chi connectivity index (χ4v) is 13.0. The number of hydrogen-bond acceptors (Lipinski definition) is 15. The molecule has 3 unspecified atom stereocenters. The summed E-state index contributed by atoms with van der Waals surface area (Å²) in [6.45, 7) is 11.8. The standard InChI is InChI=1S/C75H146O17P2/c1-8-10-11-12-13-14-15-16-18-22-25-28-34-42-49-56-72(77)85-62-70(91-74(79)58-51-44-35-29-26-23-20-17-19-21-24-27-32-39-46-53-66(3)4)64-89-93(81,82)87-60-69(76)61-88-94(83,84)90-65-71(63-86-73(78)57-50-43-38-37-40-47-54-67(5)6)92-75(80)59-52-45-36-31-30-33-41-48-55-68(7)9-2/h66-71,76H,8-65H2,1-7H3,(H,81,82)(H,83,84)/t68?,69-,70-,71-/m1/s1. The molecule has 0 radical (unpaired) electrons. The predicted molar refractivity (Wildman–Crippen MR) is 381 cm³/mol. The van der Waals surface area contributed by atoms with Gasteiger partial charge in [0.25, 0.3) is 0 Å². The van der Waals surface area contributed by atoms with Gasteiger partial charge in [0.1, 0.15) is 19.3 Å². The summed E-state index contributed by atoms with van der Waals surface area (Å²) in [5.74, 6) is 0.130. The molecule has 0 bridgehead atoms.